The highest BCUT2D eigenvalue weighted by Crippen LogP contribution is 2.21. The van der Waals surface area contributed by atoms with Crippen LogP contribution >= 0.6 is 11.6 Å². The van der Waals surface area contributed by atoms with Crippen LogP contribution < -0.4 is 5.32 Å². The fourth-order valence-electron chi connectivity index (χ4n) is 1.51. The number of aromatic carboxylic acids is 1. The van der Waals surface area contributed by atoms with Crippen molar-refractivity contribution >= 4 is 29.3 Å². The van der Waals surface area contributed by atoms with Crippen molar-refractivity contribution in [2.24, 2.45) is 0 Å². The molecule has 0 aliphatic heterocycles. The fraction of sp³-hybridized carbons (Fsp3) is 0.231. The van der Waals surface area contributed by atoms with Crippen LogP contribution in [-0.4, -0.2) is 35.1 Å². The van der Waals surface area contributed by atoms with Crippen molar-refractivity contribution in [3.8, 4) is 0 Å². The van der Waals surface area contributed by atoms with E-state index in [0.29, 0.717) is 18.1 Å². The molecule has 0 saturated carbocycles. The molecule has 0 saturated heterocycles. The van der Waals surface area contributed by atoms with Crippen LogP contribution in [0.3, 0.4) is 0 Å². The zero-order valence-corrected chi connectivity index (χ0v) is 11.3. The Bertz CT molecular complexity index is 503. The Morgan fingerprint density at radius 1 is 1.53 bits per heavy atom. The molecule has 2 N–H and O–H groups in total. The first kappa shape index (κ1) is 15.0. The first-order chi connectivity index (χ1) is 8.99. The van der Waals surface area contributed by atoms with Crippen molar-refractivity contribution < 1.29 is 14.7 Å². The predicted octanol–water partition coefficient (Wildman–Crippen LogP) is 3.08. The Morgan fingerprint density at radius 2 is 2.21 bits per heavy atom. The molecular formula is C13H15ClN2O3. The molecule has 0 aliphatic rings. The Kier molecular flexibility index (Phi) is 5.38. The van der Waals surface area contributed by atoms with Crippen molar-refractivity contribution in [1.29, 1.82) is 0 Å². The van der Waals surface area contributed by atoms with Gasteiger partial charge in [-0.1, -0.05) is 17.7 Å². The van der Waals surface area contributed by atoms with Crippen LogP contribution in [0.4, 0.5) is 10.5 Å². The van der Waals surface area contributed by atoms with Crippen molar-refractivity contribution in [2.75, 3.05) is 18.4 Å². The lowest BCUT2D eigenvalue weighted by Crippen LogP contribution is -2.35. The van der Waals surface area contributed by atoms with Crippen LogP contribution in [0.25, 0.3) is 0 Å². The second-order valence-electron chi connectivity index (χ2n) is 3.75. The van der Waals surface area contributed by atoms with Crippen molar-refractivity contribution in [3.63, 3.8) is 0 Å². The monoisotopic (exact) mass is 282 g/mol. The molecule has 0 heterocycles. The number of halogens is 1. The number of nitrogens with one attached hydrogen (secondary N) is 1. The summed E-state index contributed by atoms with van der Waals surface area (Å²) in [6, 6.07) is 3.90. The second kappa shape index (κ2) is 6.80. The number of likely N-dealkylation sites (N-methyl/N-ethyl adjacent to an activating group) is 1. The summed E-state index contributed by atoms with van der Waals surface area (Å²) in [5.41, 5.74) is 0.167. The van der Waals surface area contributed by atoms with E-state index in [1.807, 2.05) is 6.92 Å². The van der Waals surface area contributed by atoms with Crippen molar-refractivity contribution in [3.05, 3.63) is 41.4 Å². The SMILES string of the molecule is C=CCN(CC)C(=O)Nc1ccc(Cl)cc1C(=O)O. The standard InChI is InChI=1S/C13H15ClN2O3/c1-3-7-16(4-2)13(19)15-11-6-5-9(14)8-10(11)12(17)18/h3,5-6,8H,1,4,7H2,2H3,(H,15,19)(H,17,18). The number of carbonyl (C=O) groups excluding carboxylic acids is 1. The Morgan fingerprint density at radius 3 is 2.74 bits per heavy atom. The van der Waals surface area contributed by atoms with E-state index in [-0.39, 0.29) is 17.3 Å². The summed E-state index contributed by atoms with van der Waals surface area (Å²) in [6.07, 6.45) is 1.60. The molecule has 0 unspecified atom stereocenters. The second-order valence-corrected chi connectivity index (χ2v) is 4.19. The number of hydrogen-bond acceptors (Lipinski definition) is 2. The summed E-state index contributed by atoms with van der Waals surface area (Å²) in [5.74, 6) is -1.15. The van der Waals surface area contributed by atoms with E-state index >= 15 is 0 Å². The van der Waals surface area contributed by atoms with Crippen LogP contribution in [0.5, 0.6) is 0 Å². The van der Waals surface area contributed by atoms with Crippen LogP contribution in [0.15, 0.2) is 30.9 Å². The van der Waals surface area contributed by atoms with Gasteiger partial charge in [0.25, 0.3) is 0 Å². The van der Waals surface area contributed by atoms with Gasteiger partial charge in [0.15, 0.2) is 0 Å². The number of nitrogens with zero attached hydrogens (tertiary/aromatic N) is 1. The third-order valence-electron chi connectivity index (χ3n) is 2.47. The summed E-state index contributed by atoms with van der Waals surface area (Å²) in [6.45, 7) is 6.27. The van der Waals surface area contributed by atoms with E-state index in [9.17, 15) is 9.59 Å². The maximum Gasteiger partial charge on any atom is 0.337 e. The third kappa shape index (κ3) is 3.99. The average Bonchev–Trinajstić information content (AvgIpc) is 2.37. The third-order valence-corrected chi connectivity index (χ3v) is 2.71. The number of urea groups is 1. The molecule has 0 atom stereocenters. The maximum absolute atomic E-state index is 11.9. The van der Waals surface area contributed by atoms with E-state index in [1.54, 1.807) is 6.08 Å². The zero-order chi connectivity index (χ0) is 14.4. The summed E-state index contributed by atoms with van der Waals surface area (Å²) in [4.78, 5) is 24.5. The highest BCUT2D eigenvalue weighted by Gasteiger charge is 2.15. The molecule has 0 radical (unpaired) electrons. The quantitative estimate of drug-likeness (QED) is 0.816. The molecule has 0 aromatic heterocycles. The molecule has 19 heavy (non-hydrogen) atoms. The van der Waals surface area contributed by atoms with Gasteiger partial charge in [0.05, 0.1) is 11.3 Å². The molecular weight excluding hydrogens is 268 g/mol. The lowest BCUT2D eigenvalue weighted by molar-refractivity contribution is 0.0698. The van der Waals surface area contributed by atoms with Gasteiger partial charge in [0, 0.05) is 18.1 Å². The molecule has 5 nitrogen and oxygen atoms in total. The molecule has 2 amide bonds. The number of anilines is 1. The van der Waals surface area contributed by atoms with Crippen LogP contribution in [-0.2, 0) is 0 Å². The van der Waals surface area contributed by atoms with E-state index < -0.39 is 5.97 Å². The number of amides is 2. The number of benzene rings is 1. The number of rotatable bonds is 5. The molecule has 0 bridgehead atoms. The van der Waals surface area contributed by atoms with E-state index in [1.165, 1.54) is 23.1 Å². The van der Waals surface area contributed by atoms with Gasteiger partial charge in [-0.2, -0.15) is 0 Å². The number of hydrogen-bond donors (Lipinski definition) is 2. The highest BCUT2D eigenvalue weighted by atomic mass is 35.5. The molecule has 1 aromatic rings. The van der Waals surface area contributed by atoms with E-state index in [2.05, 4.69) is 11.9 Å². The lowest BCUT2D eigenvalue weighted by Gasteiger charge is -2.20. The first-order valence-corrected chi connectivity index (χ1v) is 6.07. The minimum Gasteiger partial charge on any atom is -0.478 e. The lowest BCUT2D eigenvalue weighted by atomic mass is 10.2. The van der Waals surface area contributed by atoms with Gasteiger partial charge in [-0.3, -0.25) is 0 Å². The van der Waals surface area contributed by atoms with Gasteiger partial charge in [-0.25, -0.2) is 9.59 Å². The average molecular weight is 283 g/mol. The van der Waals surface area contributed by atoms with Crippen molar-refractivity contribution in [2.45, 2.75) is 6.92 Å². The van der Waals surface area contributed by atoms with Gasteiger partial charge in [-0.15, -0.1) is 6.58 Å². The Labute approximate surface area is 116 Å². The summed E-state index contributed by atoms with van der Waals surface area (Å²) >= 11 is 5.74. The van der Waals surface area contributed by atoms with Crippen LogP contribution in [0.2, 0.25) is 5.02 Å². The van der Waals surface area contributed by atoms with Gasteiger partial charge < -0.3 is 15.3 Å². The molecule has 0 fully saturated rings. The summed E-state index contributed by atoms with van der Waals surface area (Å²) < 4.78 is 0. The Hall–Kier alpha value is -2.01. The topological polar surface area (TPSA) is 69.6 Å². The summed E-state index contributed by atoms with van der Waals surface area (Å²) in [5, 5.41) is 11.9. The zero-order valence-electron chi connectivity index (χ0n) is 10.5. The van der Waals surface area contributed by atoms with Gasteiger partial charge in [0.2, 0.25) is 0 Å². The van der Waals surface area contributed by atoms with Crippen molar-refractivity contribution in [1.82, 2.24) is 4.90 Å². The van der Waals surface area contributed by atoms with Gasteiger partial charge in [0.1, 0.15) is 0 Å². The molecule has 0 spiro atoms. The molecule has 6 heteroatoms. The first-order valence-electron chi connectivity index (χ1n) is 5.69. The fourth-order valence-corrected chi connectivity index (χ4v) is 1.68. The smallest absolute Gasteiger partial charge is 0.337 e. The number of carbonyl (C=O) groups is 2. The molecule has 102 valence electrons. The van der Waals surface area contributed by atoms with Crippen LogP contribution in [0.1, 0.15) is 17.3 Å². The molecule has 1 rings (SSSR count). The Balaban J connectivity index is 2.95. The maximum atomic E-state index is 11.9. The normalized spacial score (nSPS) is 9.79. The van der Waals surface area contributed by atoms with E-state index in [0.717, 1.165) is 0 Å². The van der Waals surface area contributed by atoms with Gasteiger partial charge in [-0.05, 0) is 25.1 Å². The summed E-state index contributed by atoms with van der Waals surface area (Å²) in [7, 11) is 0. The largest absolute Gasteiger partial charge is 0.478 e. The van der Waals surface area contributed by atoms with Gasteiger partial charge >= 0.3 is 12.0 Å². The number of carboxylic acids is 1. The van der Waals surface area contributed by atoms with Crippen LogP contribution in [0, 0.1) is 0 Å². The molecule has 1 aromatic carbocycles. The highest BCUT2D eigenvalue weighted by molar-refractivity contribution is 6.31. The predicted molar refractivity (Wildman–Crippen MR) is 74.9 cm³/mol. The minimum absolute atomic E-state index is 0.0458. The molecule has 0 aliphatic carbocycles. The van der Waals surface area contributed by atoms with E-state index in [4.69, 9.17) is 16.7 Å². The number of carboxylic acid groups (broad SMARTS) is 1. The minimum atomic E-state index is -1.15.